The summed E-state index contributed by atoms with van der Waals surface area (Å²) >= 11 is 10.9. The third kappa shape index (κ3) is 4.94. The van der Waals surface area contributed by atoms with Crippen molar-refractivity contribution >= 4 is 40.5 Å². The number of carbonyl (C=O) groups is 1. The van der Waals surface area contributed by atoms with Gasteiger partial charge in [0.15, 0.2) is 5.11 Å². The van der Waals surface area contributed by atoms with Crippen LogP contribution in [0.2, 0.25) is 5.02 Å². The molecule has 0 aromatic heterocycles. The van der Waals surface area contributed by atoms with E-state index in [9.17, 15) is 4.79 Å². The normalized spacial score (nSPS) is 10.2. The van der Waals surface area contributed by atoms with Crippen molar-refractivity contribution in [1.82, 2.24) is 5.43 Å². The summed E-state index contributed by atoms with van der Waals surface area (Å²) in [6.45, 7) is 2.16. The van der Waals surface area contributed by atoms with Crippen molar-refractivity contribution in [2.75, 3.05) is 5.01 Å². The predicted molar refractivity (Wildman–Crippen MR) is 103 cm³/mol. The van der Waals surface area contributed by atoms with Gasteiger partial charge in [0.1, 0.15) is 0 Å². The molecule has 4 nitrogen and oxygen atoms in total. The van der Waals surface area contributed by atoms with E-state index >= 15 is 0 Å². The number of hydrogen-bond acceptors (Lipinski definition) is 2. The van der Waals surface area contributed by atoms with Crippen molar-refractivity contribution < 1.29 is 4.79 Å². The zero-order valence-corrected chi connectivity index (χ0v) is 15.0. The van der Waals surface area contributed by atoms with Crippen molar-refractivity contribution in [3.63, 3.8) is 0 Å². The summed E-state index contributed by atoms with van der Waals surface area (Å²) in [5.74, 6) is -0.311. The number of hydrazine groups is 1. The molecule has 3 N–H and O–H groups in total. The number of nitrogens with zero attached hydrogens (tertiary/aromatic N) is 1. The van der Waals surface area contributed by atoms with Crippen LogP contribution in [0, 0.1) is 0 Å². The summed E-state index contributed by atoms with van der Waals surface area (Å²) in [6.07, 6.45) is 3.32. The molecule has 2 aromatic carbocycles. The molecule has 6 heteroatoms. The first-order valence-electron chi connectivity index (χ1n) is 7.76. The average Bonchev–Trinajstić information content (AvgIpc) is 2.58. The number of halogens is 1. The van der Waals surface area contributed by atoms with E-state index in [1.807, 2.05) is 24.3 Å². The number of nitrogens with two attached hydrogens (primary N) is 1. The third-order valence-corrected chi connectivity index (χ3v) is 3.99. The van der Waals surface area contributed by atoms with E-state index in [1.54, 1.807) is 24.3 Å². The van der Waals surface area contributed by atoms with Gasteiger partial charge in [-0.05, 0) is 67.0 Å². The Kier molecular flexibility index (Phi) is 6.58. The Morgan fingerprint density at radius 1 is 1.17 bits per heavy atom. The molecule has 0 atom stereocenters. The molecule has 24 heavy (non-hydrogen) atoms. The highest BCUT2D eigenvalue weighted by Gasteiger charge is 2.14. The number of amides is 1. The van der Waals surface area contributed by atoms with Gasteiger partial charge in [-0.3, -0.25) is 10.2 Å². The van der Waals surface area contributed by atoms with Crippen LogP contribution >= 0.6 is 23.8 Å². The molecule has 0 aliphatic carbocycles. The monoisotopic (exact) mass is 361 g/mol. The van der Waals surface area contributed by atoms with Crippen LogP contribution in [0.3, 0.4) is 0 Å². The molecule has 0 heterocycles. The maximum atomic E-state index is 12.3. The topological polar surface area (TPSA) is 58.4 Å². The highest BCUT2D eigenvalue weighted by atomic mass is 35.5. The maximum Gasteiger partial charge on any atom is 0.270 e. The standard InChI is InChI=1S/C18H20ClN3OS/c1-2-3-4-13-5-11-16(12-6-13)22(18(20)24)21-17(23)14-7-9-15(19)10-8-14/h5-12H,2-4H2,1H3,(H2,20,24)(H,21,23). The van der Waals surface area contributed by atoms with E-state index < -0.39 is 0 Å². The second-order valence-corrected chi connectivity index (χ2v) is 6.25. The zero-order chi connectivity index (χ0) is 17.5. The largest absolute Gasteiger partial charge is 0.374 e. The van der Waals surface area contributed by atoms with Crippen molar-refractivity contribution in [1.29, 1.82) is 0 Å². The molecule has 2 aromatic rings. The van der Waals surface area contributed by atoms with E-state index in [2.05, 4.69) is 12.3 Å². The first-order chi connectivity index (χ1) is 11.5. The lowest BCUT2D eigenvalue weighted by Gasteiger charge is -2.23. The van der Waals surface area contributed by atoms with Crippen LogP contribution < -0.4 is 16.2 Å². The van der Waals surface area contributed by atoms with Crippen molar-refractivity contribution in [3.8, 4) is 0 Å². The average molecular weight is 362 g/mol. The first-order valence-corrected chi connectivity index (χ1v) is 8.55. The molecule has 0 radical (unpaired) electrons. The lowest BCUT2D eigenvalue weighted by molar-refractivity contribution is 0.0955. The van der Waals surface area contributed by atoms with Gasteiger partial charge in [-0.2, -0.15) is 0 Å². The van der Waals surface area contributed by atoms with E-state index in [0.29, 0.717) is 16.3 Å². The Hall–Kier alpha value is -2.11. The van der Waals surface area contributed by atoms with Gasteiger partial charge in [-0.25, -0.2) is 5.01 Å². The Morgan fingerprint density at radius 2 is 1.79 bits per heavy atom. The van der Waals surface area contributed by atoms with Crippen molar-refractivity contribution in [3.05, 3.63) is 64.7 Å². The second-order valence-electron chi connectivity index (χ2n) is 5.39. The highest BCUT2D eigenvalue weighted by Crippen LogP contribution is 2.16. The van der Waals surface area contributed by atoms with Gasteiger partial charge in [0.05, 0.1) is 5.69 Å². The van der Waals surface area contributed by atoms with E-state index in [0.717, 1.165) is 19.3 Å². The number of rotatable bonds is 5. The summed E-state index contributed by atoms with van der Waals surface area (Å²) in [5.41, 5.74) is 10.9. The van der Waals surface area contributed by atoms with Gasteiger partial charge in [-0.1, -0.05) is 37.1 Å². The van der Waals surface area contributed by atoms with Crippen molar-refractivity contribution in [2.24, 2.45) is 5.73 Å². The van der Waals surface area contributed by atoms with Gasteiger partial charge >= 0.3 is 0 Å². The fourth-order valence-electron chi connectivity index (χ4n) is 2.21. The number of carbonyl (C=O) groups excluding carboxylic acids is 1. The third-order valence-electron chi connectivity index (χ3n) is 3.55. The fourth-order valence-corrected chi connectivity index (χ4v) is 2.48. The molecule has 0 bridgehead atoms. The summed E-state index contributed by atoms with van der Waals surface area (Å²) < 4.78 is 0. The van der Waals surface area contributed by atoms with Gasteiger partial charge in [0.2, 0.25) is 0 Å². The van der Waals surface area contributed by atoms with Gasteiger partial charge in [0, 0.05) is 10.6 Å². The van der Waals surface area contributed by atoms with E-state index in [-0.39, 0.29) is 11.0 Å². The Bertz CT molecular complexity index is 701. The molecule has 0 saturated heterocycles. The summed E-state index contributed by atoms with van der Waals surface area (Å²) in [5, 5.41) is 2.04. The molecule has 0 unspecified atom stereocenters. The lowest BCUT2D eigenvalue weighted by atomic mass is 10.1. The van der Waals surface area contributed by atoms with E-state index in [1.165, 1.54) is 10.6 Å². The Labute approximate surface area is 152 Å². The maximum absolute atomic E-state index is 12.3. The molecule has 0 spiro atoms. The first kappa shape index (κ1) is 18.2. The molecular formula is C18H20ClN3OS. The molecule has 0 aliphatic rings. The number of anilines is 1. The van der Waals surface area contributed by atoms with Crippen LogP contribution in [0.15, 0.2) is 48.5 Å². The minimum atomic E-state index is -0.311. The summed E-state index contributed by atoms with van der Waals surface area (Å²) in [6, 6.07) is 14.4. The van der Waals surface area contributed by atoms with Gasteiger partial charge in [0.25, 0.3) is 5.91 Å². The van der Waals surface area contributed by atoms with Crippen LogP contribution in [0.4, 0.5) is 5.69 Å². The molecule has 0 fully saturated rings. The van der Waals surface area contributed by atoms with Crippen LogP contribution in [-0.2, 0) is 6.42 Å². The zero-order valence-electron chi connectivity index (χ0n) is 13.5. The van der Waals surface area contributed by atoms with Gasteiger partial charge < -0.3 is 5.73 Å². The summed E-state index contributed by atoms with van der Waals surface area (Å²) in [4.78, 5) is 12.3. The molecule has 0 aliphatic heterocycles. The quantitative estimate of drug-likeness (QED) is 0.622. The van der Waals surface area contributed by atoms with Crippen LogP contribution in [0.1, 0.15) is 35.7 Å². The van der Waals surface area contributed by atoms with Crippen LogP contribution in [0.5, 0.6) is 0 Å². The number of hydrogen-bond donors (Lipinski definition) is 2. The molecular weight excluding hydrogens is 342 g/mol. The SMILES string of the molecule is CCCCc1ccc(N(NC(=O)c2ccc(Cl)cc2)C(N)=S)cc1. The lowest BCUT2D eigenvalue weighted by Crippen LogP contribution is -2.49. The predicted octanol–water partition coefficient (Wildman–Crippen LogP) is 4.08. The van der Waals surface area contributed by atoms with E-state index in [4.69, 9.17) is 29.6 Å². The minimum absolute atomic E-state index is 0.0682. The number of aryl methyl sites for hydroxylation is 1. The second kappa shape index (κ2) is 8.66. The van der Waals surface area contributed by atoms with Crippen LogP contribution in [0.25, 0.3) is 0 Å². The number of nitrogens with one attached hydrogen (secondary N) is 1. The Morgan fingerprint density at radius 3 is 2.33 bits per heavy atom. The molecule has 0 saturated carbocycles. The number of unbranched alkanes of at least 4 members (excludes halogenated alkanes) is 1. The smallest absolute Gasteiger partial charge is 0.270 e. The summed E-state index contributed by atoms with van der Waals surface area (Å²) in [7, 11) is 0. The fraction of sp³-hybridized carbons (Fsp3) is 0.222. The molecule has 1 amide bonds. The van der Waals surface area contributed by atoms with Crippen molar-refractivity contribution in [2.45, 2.75) is 26.2 Å². The highest BCUT2D eigenvalue weighted by molar-refractivity contribution is 7.80. The van der Waals surface area contributed by atoms with Crippen LogP contribution in [-0.4, -0.2) is 11.0 Å². The number of benzene rings is 2. The minimum Gasteiger partial charge on any atom is -0.374 e. The van der Waals surface area contributed by atoms with Gasteiger partial charge in [-0.15, -0.1) is 0 Å². The molecule has 126 valence electrons. The number of thiocarbonyl (C=S) groups is 1. The molecule has 2 rings (SSSR count). The Balaban J connectivity index is 2.12.